The predicted octanol–water partition coefficient (Wildman–Crippen LogP) is 2.25. The molecule has 15 heavy (non-hydrogen) atoms. The Labute approximate surface area is 92.1 Å². The van der Waals surface area contributed by atoms with Crippen LogP contribution < -0.4 is 0 Å². The summed E-state index contributed by atoms with van der Waals surface area (Å²) in [6.07, 6.45) is 2.01. The van der Waals surface area contributed by atoms with Crippen molar-refractivity contribution in [3.8, 4) is 0 Å². The Bertz CT molecular complexity index is 365. The number of carboxylic acid groups (broad SMARTS) is 1. The number of hydrogen-bond donors (Lipinski definition) is 1. The van der Waals surface area contributed by atoms with Crippen LogP contribution in [0.5, 0.6) is 0 Å². The van der Waals surface area contributed by atoms with E-state index in [1.807, 2.05) is 13.8 Å². The third-order valence-corrected chi connectivity index (χ3v) is 3.75. The quantitative estimate of drug-likeness (QED) is 0.799. The minimum Gasteiger partial charge on any atom is -0.480 e. The van der Waals surface area contributed by atoms with Gasteiger partial charge in [-0.2, -0.15) is 0 Å². The Balaban J connectivity index is 2.08. The second-order valence-electron chi connectivity index (χ2n) is 3.84. The number of aryl methyl sites for hydroxylation is 2. The lowest BCUT2D eigenvalue weighted by Gasteiger charge is -2.06. The number of carbonyl (C=O) groups is 1. The van der Waals surface area contributed by atoms with E-state index < -0.39 is 11.2 Å². The van der Waals surface area contributed by atoms with Gasteiger partial charge in [0.05, 0.1) is 5.69 Å². The third-order valence-electron chi connectivity index (χ3n) is 2.53. The molecule has 4 nitrogen and oxygen atoms in total. The Morgan fingerprint density at radius 1 is 1.60 bits per heavy atom. The number of thioether (sulfide) groups is 1. The van der Waals surface area contributed by atoms with E-state index in [4.69, 9.17) is 9.52 Å². The van der Waals surface area contributed by atoms with E-state index in [0.29, 0.717) is 11.1 Å². The minimum atomic E-state index is -0.768. The predicted molar refractivity (Wildman–Crippen MR) is 56.0 cm³/mol. The molecule has 1 atom stereocenters. The van der Waals surface area contributed by atoms with Gasteiger partial charge in [-0.05, 0) is 32.6 Å². The minimum absolute atomic E-state index is 0.292. The summed E-state index contributed by atoms with van der Waals surface area (Å²) in [6.45, 7) is 3.69. The van der Waals surface area contributed by atoms with Crippen molar-refractivity contribution < 1.29 is 14.3 Å². The largest absolute Gasteiger partial charge is 0.480 e. The SMILES string of the molecule is Cc1nc(SC(C(=O)O)C2CC2)oc1C. The number of carboxylic acids is 1. The molecule has 1 aliphatic rings. The molecule has 0 amide bonds. The number of aromatic nitrogens is 1. The van der Waals surface area contributed by atoms with Gasteiger partial charge in [-0.3, -0.25) is 4.79 Å². The lowest BCUT2D eigenvalue weighted by atomic mass is 10.3. The van der Waals surface area contributed by atoms with Crippen molar-refractivity contribution in [2.24, 2.45) is 5.92 Å². The van der Waals surface area contributed by atoms with Crippen LogP contribution in [-0.4, -0.2) is 21.3 Å². The molecule has 1 heterocycles. The Kier molecular flexibility index (Phi) is 2.73. The molecule has 2 rings (SSSR count). The van der Waals surface area contributed by atoms with Crippen LogP contribution in [0.15, 0.2) is 9.64 Å². The topological polar surface area (TPSA) is 63.3 Å². The summed E-state index contributed by atoms with van der Waals surface area (Å²) in [5.74, 6) is 0.286. The molecule has 1 N–H and O–H groups in total. The van der Waals surface area contributed by atoms with Crippen LogP contribution in [-0.2, 0) is 4.79 Å². The lowest BCUT2D eigenvalue weighted by Crippen LogP contribution is -2.18. The van der Waals surface area contributed by atoms with Crippen molar-refractivity contribution in [1.82, 2.24) is 4.98 Å². The maximum absolute atomic E-state index is 11.0. The number of aliphatic carboxylic acids is 1. The van der Waals surface area contributed by atoms with Gasteiger partial charge in [-0.15, -0.1) is 0 Å². The van der Waals surface area contributed by atoms with Crippen molar-refractivity contribution >= 4 is 17.7 Å². The van der Waals surface area contributed by atoms with Gasteiger partial charge in [-0.25, -0.2) is 4.98 Å². The fraction of sp³-hybridized carbons (Fsp3) is 0.600. The summed E-state index contributed by atoms with van der Waals surface area (Å²) in [7, 11) is 0. The molecule has 0 saturated heterocycles. The Hall–Kier alpha value is -0.970. The molecule has 1 aromatic heterocycles. The number of hydrogen-bond acceptors (Lipinski definition) is 4. The highest BCUT2D eigenvalue weighted by Crippen LogP contribution is 2.41. The normalized spacial score (nSPS) is 17.7. The van der Waals surface area contributed by atoms with E-state index in [9.17, 15) is 4.79 Å². The van der Waals surface area contributed by atoms with Crippen LogP contribution in [0, 0.1) is 19.8 Å². The van der Waals surface area contributed by atoms with Gasteiger partial charge in [-0.1, -0.05) is 11.8 Å². The van der Waals surface area contributed by atoms with Gasteiger partial charge >= 0.3 is 5.97 Å². The fourth-order valence-corrected chi connectivity index (χ4v) is 2.49. The smallest absolute Gasteiger partial charge is 0.317 e. The first kappa shape index (κ1) is 10.5. The van der Waals surface area contributed by atoms with Gasteiger partial charge in [0.25, 0.3) is 5.22 Å². The molecule has 1 fully saturated rings. The molecule has 1 saturated carbocycles. The molecular weight excluding hydrogens is 214 g/mol. The second-order valence-corrected chi connectivity index (χ2v) is 4.93. The summed E-state index contributed by atoms with van der Waals surface area (Å²) in [5.41, 5.74) is 0.831. The molecule has 0 radical (unpaired) electrons. The zero-order chi connectivity index (χ0) is 11.0. The molecule has 1 unspecified atom stereocenters. The van der Waals surface area contributed by atoms with Crippen molar-refractivity contribution in [3.63, 3.8) is 0 Å². The first-order valence-corrected chi connectivity index (χ1v) is 5.79. The summed E-state index contributed by atoms with van der Waals surface area (Å²) >= 11 is 1.23. The molecule has 0 spiro atoms. The Morgan fingerprint density at radius 3 is 2.67 bits per heavy atom. The fourth-order valence-electron chi connectivity index (χ4n) is 1.35. The van der Waals surface area contributed by atoms with Gasteiger partial charge in [0.2, 0.25) is 0 Å². The summed E-state index contributed by atoms with van der Waals surface area (Å²) < 4.78 is 5.36. The third kappa shape index (κ3) is 2.34. The highest BCUT2D eigenvalue weighted by Gasteiger charge is 2.38. The number of oxazole rings is 1. The number of rotatable bonds is 4. The van der Waals surface area contributed by atoms with Crippen LogP contribution in [0.25, 0.3) is 0 Å². The van der Waals surface area contributed by atoms with E-state index in [1.165, 1.54) is 11.8 Å². The van der Waals surface area contributed by atoms with Gasteiger partial charge in [0.1, 0.15) is 11.0 Å². The Morgan fingerprint density at radius 2 is 2.27 bits per heavy atom. The van der Waals surface area contributed by atoms with E-state index in [1.54, 1.807) is 0 Å². The zero-order valence-corrected chi connectivity index (χ0v) is 9.50. The number of nitrogens with zero attached hydrogens (tertiary/aromatic N) is 1. The van der Waals surface area contributed by atoms with E-state index in [-0.39, 0.29) is 0 Å². The summed E-state index contributed by atoms with van der Waals surface area (Å²) in [4.78, 5) is 15.2. The molecule has 82 valence electrons. The average Bonchev–Trinajstić information content (AvgIpc) is 2.92. The monoisotopic (exact) mass is 227 g/mol. The van der Waals surface area contributed by atoms with E-state index in [2.05, 4.69) is 4.98 Å². The first-order valence-electron chi connectivity index (χ1n) is 4.91. The zero-order valence-electron chi connectivity index (χ0n) is 8.69. The van der Waals surface area contributed by atoms with Gasteiger partial charge in [0, 0.05) is 0 Å². The molecule has 1 aromatic rings. The lowest BCUT2D eigenvalue weighted by molar-refractivity contribution is -0.136. The molecular formula is C10H13NO3S. The second kappa shape index (κ2) is 3.89. The van der Waals surface area contributed by atoms with Crippen LogP contribution in [0.3, 0.4) is 0 Å². The molecule has 1 aliphatic carbocycles. The summed E-state index contributed by atoms with van der Waals surface area (Å²) in [6, 6.07) is 0. The van der Waals surface area contributed by atoms with Crippen molar-refractivity contribution in [1.29, 1.82) is 0 Å². The maximum Gasteiger partial charge on any atom is 0.317 e. The van der Waals surface area contributed by atoms with Crippen molar-refractivity contribution in [2.45, 2.75) is 37.2 Å². The highest BCUT2D eigenvalue weighted by molar-refractivity contribution is 8.00. The van der Waals surface area contributed by atoms with Crippen LogP contribution in [0.2, 0.25) is 0 Å². The van der Waals surface area contributed by atoms with Gasteiger partial charge < -0.3 is 9.52 Å². The van der Waals surface area contributed by atoms with Crippen LogP contribution >= 0.6 is 11.8 Å². The first-order chi connectivity index (χ1) is 7.08. The van der Waals surface area contributed by atoms with Crippen molar-refractivity contribution in [2.75, 3.05) is 0 Å². The standard InChI is InChI=1S/C10H13NO3S/c1-5-6(2)14-10(11-5)15-8(9(12)13)7-3-4-7/h7-8H,3-4H2,1-2H3,(H,12,13). The molecule has 5 heteroatoms. The van der Waals surface area contributed by atoms with Crippen molar-refractivity contribution in [3.05, 3.63) is 11.5 Å². The van der Waals surface area contributed by atoms with E-state index >= 15 is 0 Å². The average molecular weight is 227 g/mol. The molecule has 0 aromatic carbocycles. The summed E-state index contributed by atoms with van der Waals surface area (Å²) in [5, 5.41) is 9.11. The maximum atomic E-state index is 11.0. The highest BCUT2D eigenvalue weighted by atomic mass is 32.2. The van der Waals surface area contributed by atoms with Gasteiger partial charge in [0.15, 0.2) is 0 Å². The van der Waals surface area contributed by atoms with Crippen LogP contribution in [0.1, 0.15) is 24.3 Å². The molecule has 0 bridgehead atoms. The van der Waals surface area contributed by atoms with E-state index in [0.717, 1.165) is 24.3 Å². The van der Waals surface area contributed by atoms with Crippen LogP contribution in [0.4, 0.5) is 0 Å². The molecule has 0 aliphatic heterocycles.